The molecule has 0 aliphatic carbocycles. The van der Waals surface area contributed by atoms with Crippen molar-refractivity contribution in [2.75, 3.05) is 11.9 Å². The zero-order valence-electron chi connectivity index (χ0n) is 15.6. The molecule has 5 heteroatoms. The number of halogens is 1. The zero-order chi connectivity index (χ0) is 19.2. The number of likely N-dealkylation sites (tertiary alicyclic amines) is 1. The van der Waals surface area contributed by atoms with E-state index in [0.717, 1.165) is 17.7 Å². The number of hydrogen-bond acceptors (Lipinski definition) is 2. The van der Waals surface area contributed by atoms with Crippen molar-refractivity contribution >= 4 is 17.5 Å². The molecule has 0 saturated carbocycles. The highest BCUT2D eigenvalue weighted by Gasteiger charge is 2.58. The Kier molecular flexibility index (Phi) is 4.25. The average Bonchev–Trinajstić information content (AvgIpc) is 3.15. The van der Waals surface area contributed by atoms with Crippen LogP contribution in [-0.2, 0) is 10.2 Å². The lowest BCUT2D eigenvalue weighted by Crippen LogP contribution is -2.49. The third kappa shape index (κ3) is 2.48. The van der Waals surface area contributed by atoms with Crippen molar-refractivity contribution in [1.82, 2.24) is 4.90 Å². The maximum Gasteiger partial charge on any atom is 0.257 e. The second-order valence-corrected chi connectivity index (χ2v) is 7.46. The molecule has 1 fully saturated rings. The number of fused-ring (bicyclic) bond motifs is 2. The molecule has 0 bridgehead atoms. The molecule has 2 atom stereocenters. The van der Waals surface area contributed by atoms with E-state index in [1.807, 2.05) is 31.2 Å². The molecular formula is C22H23FN2O2. The van der Waals surface area contributed by atoms with Crippen LogP contribution >= 0.6 is 0 Å². The molecule has 2 heterocycles. The van der Waals surface area contributed by atoms with Gasteiger partial charge in [-0.15, -0.1) is 0 Å². The Balaban J connectivity index is 1.79. The fraction of sp³-hybridized carbons (Fsp3) is 0.364. The zero-order valence-corrected chi connectivity index (χ0v) is 15.6. The van der Waals surface area contributed by atoms with Gasteiger partial charge in [0.1, 0.15) is 5.82 Å². The number of nitrogens with zero attached hydrogens (tertiary/aromatic N) is 1. The lowest BCUT2D eigenvalue weighted by molar-refractivity contribution is -0.121. The number of hydrogen-bond donors (Lipinski definition) is 1. The number of carbonyl (C=O) groups is 2. The van der Waals surface area contributed by atoms with E-state index in [2.05, 4.69) is 5.32 Å². The van der Waals surface area contributed by atoms with E-state index in [1.165, 1.54) is 6.07 Å². The van der Waals surface area contributed by atoms with Gasteiger partial charge in [-0.05, 0) is 43.0 Å². The van der Waals surface area contributed by atoms with Gasteiger partial charge < -0.3 is 10.2 Å². The topological polar surface area (TPSA) is 49.4 Å². The Labute approximate surface area is 158 Å². The first kappa shape index (κ1) is 17.7. The van der Waals surface area contributed by atoms with Crippen LogP contribution in [0.2, 0.25) is 0 Å². The SMILES string of the molecule is CCC[C@@H]1N(C(=O)c2c(C)cccc2F)CC[C@]12C(=O)Nc1ccccc12. The summed E-state index contributed by atoms with van der Waals surface area (Å²) in [6.07, 6.45) is 2.09. The average molecular weight is 366 g/mol. The number of para-hydroxylation sites is 1. The molecule has 0 radical (unpaired) electrons. The second-order valence-electron chi connectivity index (χ2n) is 7.46. The Morgan fingerprint density at radius 2 is 2.04 bits per heavy atom. The molecule has 27 heavy (non-hydrogen) atoms. The minimum atomic E-state index is -0.749. The minimum absolute atomic E-state index is 0.0531. The molecular weight excluding hydrogens is 343 g/mol. The standard InChI is InChI=1S/C22H23FN2O2/c1-3-7-18-22(15-9-4-5-11-17(15)24-21(22)27)12-13-25(18)20(26)19-14(2)8-6-10-16(19)23/h4-6,8-11,18H,3,7,12-13H2,1-2H3,(H,24,27)/t18-,22+/m0/s1. The molecule has 1 saturated heterocycles. The van der Waals surface area contributed by atoms with Gasteiger partial charge in [0.2, 0.25) is 5.91 Å². The van der Waals surface area contributed by atoms with Gasteiger partial charge in [-0.3, -0.25) is 9.59 Å². The van der Waals surface area contributed by atoms with Crippen molar-refractivity contribution in [3.8, 4) is 0 Å². The predicted octanol–water partition coefficient (Wildman–Crippen LogP) is 4.04. The number of rotatable bonds is 3. The molecule has 2 aliphatic heterocycles. The maximum absolute atomic E-state index is 14.4. The van der Waals surface area contributed by atoms with Crippen LogP contribution in [0, 0.1) is 12.7 Å². The first-order chi connectivity index (χ1) is 13.0. The first-order valence-electron chi connectivity index (χ1n) is 9.47. The summed E-state index contributed by atoms with van der Waals surface area (Å²) < 4.78 is 14.4. The smallest absolute Gasteiger partial charge is 0.257 e. The molecule has 1 N–H and O–H groups in total. The predicted molar refractivity (Wildman–Crippen MR) is 102 cm³/mol. The Morgan fingerprint density at radius 3 is 2.78 bits per heavy atom. The first-order valence-corrected chi connectivity index (χ1v) is 9.47. The van der Waals surface area contributed by atoms with Gasteiger partial charge in [-0.25, -0.2) is 4.39 Å². The van der Waals surface area contributed by atoms with E-state index in [9.17, 15) is 14.0 Å². The van der Waals surface area contributed by atoms with Gasteiger partial charge in [0.25, 0.3) is 5.91 Å². The van der Waals surface area contributed by atoms with E-state index < -0.39 is 11.2 Å². The summed E-state index contributed by atoms with van der Waals surface area (Å²) in [7, 11) is 0. The number of benzene rings is 2. The minimum Gasteiger partial charge on any atom is -0.334 e. The normalized spacial score (nSPS) is 23.6. The number of carbonyl (C=O) groups excluding carboxylic acids is 2. The van der Waals surface area contributed by atoms with Gasteiger partial charge in [0.15, 0.2) is 0 Å². The lowest BCUT2D eigenvalue weighted by atomic mass is 9.73. The van der Waals surface area contributed by atoms with Gasteiger partial charge in [0.05, 0.1) is 17.0 Å². The van der Waals surface area contributed by atoms with E-state index >= 15 is 0 Å². The summed E-state index contributed by atoms with van der Waals surface area (Å²) >= 11 is 0. The van der Waals surface area contributed by atoms with E-state index in [4.69, 9.17) is 0 Å². The van der Waals surface area contributed by atoms with Crippen LogP contribution in [-0.4, -0.2) is 29.3 Å². The molecule has 4 rings (SSSR count). The number of aryl methyl sites for hydroxylation is 1. The van der Waals surface area contributed by atoms with Crippen LogP contribution < -0.4 is 5.32 Å². The van der Waals surface area contributed by atoms with Gasteiger partial charge in [-0.1, -0.05) is 43.7 Å². The van der Waals surface area contributed by atoms with Crippen LogP contribution in [0.1, 0.15) is 47.7 Å². The van der Waals surface area contributed by atoms with Gasteiger partial charge >= 0.3 is 0 Å². The summed E-state index contributed by atoms with van der Waals surface area (Å²) in [5.74, 6) is -0.881. The highest BCUT2D eigenvalue weighted by atomic mass is 19.1. The monoisotopic (exact) mass is 366 g/mol. The molecule has 1 spiro atoms. The molecule has 0 aromatic heterocycles. The summed E-state index contributed by atoms with van der Waals surface area (Å²) in [5, 5.41) is 2.99. The highest BCUT2D eigenvalue weighted by molar-refractivity contribution is 6.08. The fourth-order valence-corrected chi connectivity index (χ4v) is 4.77. The van der Waals surface area contributed by atoms with Crippen LogP contribution in [0.15, 0.2) is 42.5 Å². The lowest BCUT2D eigenvalue weighted by Gasteiger charge is -2.34. The molecule has 2 amide bonds. The van der Waals surface area contributed by atoms with Crippen LogP contribution in [0.4, 0.5) is 10.1 Å². The van der Waals surface area contributed by atoms with Crippen molar-refractivity contribution < 1.29 is 14.0 Å². The fourth-order valence-electron chi connectivity index (χ4n) is 4.77. The molecule has 2 aliphatic rings. The van der Waals surface area contributed by atoms with Crippen LogP contribution in [0.3, 0.4) is 0 Å². The van der Waals surface area contributed by atoms with Crippen molar-refractivity contribution in [2.45, 2.75) is 44.6 Å². The number of anilines is 1. The largest absolute Gasteiger partial charge is 0.334 e. The van der Waals surface area contributed by atoms with Gasteiger partial charge in [0, 0.05) is 12.2 Å². The Hall–Kier alpha value is -2.69. The Bertz CT molecular complexity index is 906. The van der Waals surface area contributed by atoms with E-state index in [0.29, 0.717) is 24.9 Å². The summed E-state index contributed by atoms with van der Waals surface area (Å²) in [6.45, 7) is 4.23. The van der Waals surface area contributed by atoms with Crippen molar-refractivity contribution in [1.29, 1.82) is 0 Å². The van der Waals surface area contributed by atoms with Crippen molar-refractivity contribution in [3.63, 3.8) is 0 Å². The van der Waals surface area contributed by atoms with Gasteiger partial charge in [-0.2, -0.15) is 0 Å². The highest BCUT2D eigenvalue weighted by Crippen LogP contribution is 2.49. The summed E-state index contributed by atoms with van der Waals surface area (Å²) in [5.41, 5.74) is 1.75. The van der Waals surface area contributed by atoms with Crippen LogP contribution in [0.25, 0.3) is 0 Å². The summed E-state index contributed by atoms with van der Waals surface area (Å²) in [4.78, 5) is 28.1. The number of amides is 2. The maximum atomic E-state index is 14.4. The quantitative estimate of drug-likeness (QED) is 0.891. The van der Waals surface area contributed by atoms with Crippen LogP contribution in [0.5, 0.6) is 0 Å². The second kappa shape index (κ2) is 6.48. The molecule has 0 unspecified atom stereocenters. The molecule has 2 aromatic carbocycles. The molecule has 2 aromatic rings. The molecule has 140 valence electrons. The third-order valence-corrected chi connectivity index (χ3v) is 6.01. The third-order valence-electron chi connectivity index (χ3n) is 6.01. The number of nitrogens with one attached hydrogen (secondary N) is 1. The van der Waals surface area contributed by atoms with Crippen molar-refractivity contribution in [2.24, 2.45) is 0 Å². The summed E-state index contributed by atoms with van der Waals surface area (Å²) in [6, 6.07) is 12.1. The van der Waals surface area contributed by atoms with Crippen molar-refractivity contribution in [3.05, 3.63) is 65.0 Å². The van der Waals surface area contributed by atoms with E-state index in [-0.39, 0.29) is 23.4 Å². The Morgan fingerprint density at radius 1 is 1.26 bits per heavy atom. The molecule has 4 nitrogen and oxygen atoms in total. The van der Waals surface area contributed by atoms with E-state index in [1.54, 1.807) is 24.0 Å².